The number of methoxy groups -OCH3 is 2. The maximum atomic E-state index is 13.4. The van der Waals surface area contributed by atoms with E-state index < -0.39 is 0 Å². The van der Waals surface area contributed by atoms with Crippen molar-refractivity contribution in [2.45, 2.75) is 45.3 Å². The van der Waals surface area contributed by atoms with Crippen LogP contribution in [0, 0.1) is 0 Å². The van der Waals surface area contributed by atoms with E-state index in [-0.39, 0.29) is 24.5 Å². The average molecular weight is 475 g/mol. The van der Waals surface area contributed by atoms with Crippen LogP contribution in [0.5, 0.6) is 11.5 Å². The fraction of sp³-hybridized carbons (Fsp3) is 0.520. The molecular formula is C25H34N2O5S. The summed E-state index contributed by atoms with van der Waals surface area (Å²) >= 11 is 1.63. The van der Waals surface area contributed by atoms with Crippen LogP contribution in [0.15, 0.2) is 35.7 Å². The van der Waals surface area contributed by atoms with Gasteiger partial charge in [0.05, 0.1) is 33.4 Å². The molecule has 3 rings (SSSR count). The second kappa shape index (κ2) is 12.6. The van der Waals surface area contributed by atoms with Crippen LogP contribution in [0.2, 0.25) is 0 Å². The number of hydrogen-bond donors (Lipinski definition) is 0. The molecule has 1 aliphatic heterocycles. The Morgan fingerprint density at radius 1 is 1.12 bits per heavy atom. The van der Waals surface area contributed by atoms with Gasteiger partial charge in [0.25, 0.3) is 0 Å². The van der Waals surface area contributed by atoms with Gasteiger partial charge < -0.3 is 24.0 Å². The molecule has 0 radical (unpaired) electrons. The van der Waals surface area contributed by atoms with Gasteiger partial charge in [0.1, 0.15) is 0 Å². The van der Waals surface area contributed by atoms with E-state index in [9.17, 15) is 9.59 Å². The maximum absolute atomic E-state index is 13.4. The molecule has 1 aromatic carbocycles. The first kappa shape index (κ1) is 25.1. The third-order valence-corrected chi connectivity index (χ3v) is 6.69. The first-order valence-corrected chi connectivity index (χ1v) is 12.3. The van der Waals surface area contributed by atoms with E-state index in [1.807, 2.05) is 47.5 Å². The van der Waals surface area contributed by atoms with Crippen LogP contribution in [0.4, 0.5) is 0 Å². The minimum Gasteiger partial charge on any atom is -0.493 e. The number of benzene rings is 1. The van der Waals surface area contributed by atoms with Crippen molar-refractivity contribution >= 4 is 23.2 Å². The second-order valence-electron chi connectivity index (χ2n) is 8.10. The lowest BCUT2D eigenvalue weighted by atomic mass is 10.1. The molecule has 8 heteroatoms. The monoisotopic (exact) mass is 474 g/mol. The Morgan fingerprint density at radius 3 is 2.58 bits per heavy atom. The summed E-state index contributed by atoms with van der Waals surface area (Å²) in [5.41, 5.74) is 1.05. The highest BCUT2D eigenvalue weighted by atomic mass is 32.1. The van der Waals surface area contributed by atoms with Crippen molar-refractivity contribution in [3.05, 3.63) is 46.2 Å². The normalized spacial score (nSPS) is 15.3. The van der Waals surface area contributed by atoms with Crippen LogP contribution < -0.4 is 9.47 Å². The number of hydrogen-bond acceptors (Lipinski definition) is 6. The molecule has 7 nitrogen and oxygen atoms in total. The number of ether oxygens (including phenoxy) is 3. The molecule has 1 aromatic heterocycles. The predicted molar refractivity (Wildman–Crippen MR) is 129 cm³/mol. The Balaban J connectivity index is 1.70. The third-order valence-electron chi connectivity index (χ3n) is 5.83. The van der Waals surface area contributed by atoms with Crippen LogP contribution in [0.25, 0.3) is 0 Å². The van der Waals surface area contributed by atoms with E-state index in [1.165, 1.54) is 0 Å². The Kier molecular flexibility index (Phi) is 9.57. The predicted octanol–water partition coefficient (Wildman–Crippen LogP) is 3.75. The van der Waals surface area contributed by atoms with E-state index in [1.54, 1.807) is 30.5 Å². The molecule has 1 atom stereocenters. The first-order valence-electron chi connectivity index (χ1n) is 11.4. The van der Waals surface area contributed by atoms with Crippen molar-refractivity contribution < 1.29 is 23.8 Å². The van der Waals surface area contributed by atoms with Gasteiger partial charge >= 0.3 is 0 Å². The van der Waals surface area contributed by atoms with Gasteiger partial charge in [0.2, 0.25) is 11.8 Å². The van der Waals surface area contributed by atoms with Crippen LogP contribution in [-0.2, 0) is 27.3 Å². The van der Waals surface area contributed by atoms with E-state index in [2.05, 4.69) is 0 Å². The SMILES string of the molecule is CCC(=O)N(CC(=O)N(CCc1ccc(OC)c(OC)c1)Cc1cccs1)CC1CCCO1. The van der Waals surface area contributed by atoms with Gasteiger partial charge in [-0.2, -0.15) is 0 Å². The Labute approximate surface area is 200 Å². The van der Waals surface area contributed by atoms with E-state index in [0.717, 1.165) is 29.9 Å². The Morgan fingerprint density at radius 2 is 1.94 bits per heavy atom. The molecule has 2 aromatic rings. The molecule has 2 heterocycles. The molecule has 0 saturated carbocycles. The highest BCUT2D eigenvalue weighted by Gasteiger charge is 2.25. The van der Waals surface area contributed by atoms with Crippen molar-refractivity contribution in [2.75, 3.05) is 40.5 Å². The average Bonchev–Trinajstić information content (AvgIpc) is 3.54. The summed E-state index contributed by atoms with van der Waals surface area (Å²) in [6.07, 6.45) is 3.00. The van der Waals surface area contributed by atoms with Crippen molar-refractivity contribution in [3.8, 4) is 11.5 Å². The number of rotatable bonds is 12. The second-order valence-corrected chi connectivity index (χ2v) is 9.13. The Hall–Kier alpha value is -2.58. The summed E-state index contributed by atoms with van der Waals surface area (Å²) in [5, 5.41) is 2.01. The molecule has 180 valence electrons. The molecule has 1 aliphatic rings. The largest absolute Gasteiger partial charge is 0.493 e. The molecule has 1 fully saturated rings. The van der Waals surface area contributed by atoms with Crippen LogP contribution in [0.1, 0.15) is 36.6 Å². The van der Waals surface area contributed by atoms with Crippen LogP contribution in [-0.4, -0.2) is 68.2 Å². The number of amides is 2. The number of nitrogens with zero attached hydrogens (tertiary/aromatic N) is 2. The third kappa shape index (κ3) is 7.20. The fourth-order valence-corrected chi connectivity index (χ4v) is 4.68. The highest BCUT2D eigenvalue weighted by molar-refractivity contribution is 7.09. The summed E-state index contributed by atoms with van der Waals surface area (Å²) in [6, 6.07) is 9.82. The molecule has 0 aliphatic carbocycles. The van der Waals surface area contributed by atoms with Crippen LogP contribution >= 0.6 is 11.3 Å². The summed E-state index contributed by atoms with van der Waals surface area (Å²) < 4.78 is 16.4. The quantitative estimate of drug-likeness (QED) is 0.469. The molecule has 1 unspecified atom stereocenters. The minimum atomic E-state index is -0.0522. The zero-order valence-corrected chi connectivity index (χ0v) is 20.6. The molecule has 0 N–H and O–H groups in total. The summed E-state index contributed by atoms with van der Waals surface area (Å²) in [5.74, 6) is 1.27. The van der Waals surface area contributed by atoms with Gasteiger partial charge in [-0.25, -0.2) is 0 Å². The molecule has 0 spiro atoms. The lowest BCUT2D eigenvalue weighted by Crippen LogP contribution is -2.45. The van der Waals surface area contributed by atoms with E-state index >= 15 is 0 Å². The van der Waals surface area contributed by atoms with Gasteiger partial charge in [0.15, 0.2) is 11.5 Å². The van der Waals surface area contributed by atoms with Gasteiger partial charge in [-0.15, -0.1) is 11.3 Å². The standard InChI is InChI=1S/C25H34N2O5S/c1-4-24(28)27(16-20-7-5-13-32-20)18-25(29)26(17-21-8-6-14-33-21)12-11-19-9-10-22(30-2)23(15-19)31-3/h6,8-10,14-15,20H,4-5,7,11-13,16-18H2,1-3H3. The van der Waals surface area contributed by atoms with E-state index in [4.69, 9.17) is 14.2 Å². The number of carbonyl (C=O) groups excluding carboxylic acids is 2. The van der Waals surface area contributed by atoms with Crippen molar-refractivity contribution in [1.29, 1.82) is 0 Å². The van der Waals surface area contributed by atoms with Gasteiger partial charge in [-0.3, -0.25) is 9.59 Å². The number of thiophene rings is 1. The van der Waals surface area contributed by atoms with Crippen molar-refractivity contribution in [1.82, 2.24) is 9.80 Å². The van der Waals surface area contributed by atoms with Crippen LogP contribution in [0.3, 0.4) is 0 Å². The van der Waals surface area contributed by atoms with Crippen molar-refractivity contribution in [3.63, 3.8) is 0 Å². The fourth-order valence-electron chi connectivity index (χ4n) is 3.96. The Bertz CT molecular complexity index is 896. The van der Waals surface area contributed by atoms with Gasteiger partial charge in [-0.05, 0) is 48.4 Å². The zero-order valence-electron chi connectivity index (χ0n) is 19.7. The smallest absolute Gasteiger partial charge is 0.242 e. The molecule has 0 bridgehead atoms. The topological polar surface area (TPSA) is 68.3 Å². The molecule has 33 heavy (non-hydrogen) atoms. The molecule has 2 amide bonds. The van der Waals surface area contributed by atoms with E-state index in [0.29, 0.717) is 44.0 Å². The lowest BCUT2D eigenvalue weighted by molar-refractivity contribution is -0.141. The molecular weight excluding hydrogens is 440 g/mol. The maximum Gasteiger partial charge on any atom is 0.242 e. The summed E-state index contributed by atoms with van der Waals surface area (Å²) in [4.78, 5) is 30.5. The summed E-state index contributed by atoms with van der Waals surface area (Å²) in [6.45, 7) is 4.17. The van der Waals surface area contributed by atoms with Crippen molar-refractivity contribution in [2.24, 2.45) is 0 Å². The zero-order chi connectivity index (χ0) is 23.6. The summed E-state index contributed by atoms with van der Waals surface area (Å²) in [7, 11) is 3.22. The highest BCUT2D eigenvalue weighted by Crippen LogP contribution is 2.28. The first-order chi connectivity index (χ1) is 16.0. The minimum absolute atomic E-state index is 0.0187. The lowest BCUT2D eigenvalue weighted by Gasteiger charge is -2.29. The van der Waals surface area contributed by atoms with Gasteiger partial charge in [-0.1, -0.05) is 19.1 Å². The van der Waals surface area contributed by atoms with Gasteiger partial charge in [0, 0.05) is 31.0 Å². The molecule has 1 saturated heterocycles. The number of carbonyl (C=O) groups is 2.